The highest BCUT2D eigenvalue weighted by atomic mass is 16.4. The third-order valence-corrected chi connectivity index (χ3v) is 6.67. The molecule has 198 valence electrons. The smallest absolute Gasteiger partial charge is 0.304 e. The van der Waals surface area contributed by atoms with Crippen LogP contribution in [0.2, 0.25) is 0 Å². The summed E-state index contributed by atoms with van der Waals surface area (Å²) in [6.45, 7) is 1.38. The number of likely N-dealkylation sites (tertiary alicyclic amines) is 1. The normalized spacial score (nSPS) is 17.0. The van der Waals surface area contributed by atoms with Crippen molar-refractivity contribution in [2.24, 2.45) is 11.7 Å². The average molecular weight is 508 g/mol. The zero-order valence-electron chi connectivity index (χ0n) is 21.1. The van der Waals surface area contributed by atoms with E-state index in [0.29, 0.717) is 38.9 Å². The van der Waals surface area contributed by atoms with E-state index in [9.17, 15) is 19.5 Å². The summed E-state index contributed by atoms with van der Waals surface area (Å²) in [6.07, 6.45) is 3.72. The first-order valence-corrected chi connectivity index (χ1v) is 12.8. The van der Waals surface area contributed by atoms with E-state index in [1.807, 2.05) is 42.5 Å². The van der Waals surface area contributed by atoms with Gasteiger partial charge in [-0.15, -0.1) is 0 Å². The highest BCUT2D eigenvalue weighted by molar-refractivity contribution is 5.85. The Balaban J connectivity index is 1.44. The van der Waals surface area contributed by atoms with Gasteiger partial charge in [0.2, 0.25) is 11.8 Å². The van der Waals surface area contributed by atoms with E-state index in [0.717, 1.165) is 30.4 Å². The number of hydrogen-bond donors (Lipinski definition) is 5. The molecule has 9 heteroatoms. The molecule has 0 spiro atoms. The van der Waals surface area contributed by atoms with Gasteiger partial charge in [-0.1, -0.05) is 54.6 Å². The van der Waals surface area contributed by atoms with Crippen LogP contribution in [-0.4, -0.2) is 52.9 Å². The molecule has 0 bridgehead atoms. The second kappa shape index (κ2) is 14.0. The largest absolute Gasteiger partial charge is 0.481 e. The number of hydrogen-bond acceptors (Lipinski definition) is 4. The van der Waals surface area contributed by atoms with E-state index < -0.39 is 11.9 Å². The van der Waals surface area contributed by atoms with Crippen molar-refractivity contribution in [1.82, 2.24) is 15.5 Å². The van der Waals surface area contributed by atoms with Crippen LogP contribution < -0.4 is 16.4 Å². The zero-order valence-corrected chi connectivity index (χ0v) is 21.1. The first kappa shape index (κ1) is 27.7. The van der Waals surface area contributed by atoms with E-state index in [-0.39, 0.29) is 30.2 Å². The molecule has 3 rings (SSSR count). The number of carbonyl (C=O) groups excluding carboxylic acids is 2. The van der Waals surface area contributed by atoms with Crippen LogP contribution in [0.15, 0.2) is 54.6 Å². The SMILES string of the molecule is N=C(N)NCc1ccc(CCCC(=O)NC[C@@H]2C[C@@H](CC(=O)O)C(=O)N2CCCc2ccccc2)cc1. The fourth-order valence-corrected chi connectivity index (χ4v) is 4.73. The molecule has 37 heavy (non-hydrogen) atoms. The molecule has 2 aromatic carbocycles. The average Bonchev–Trinajstić information content (AvgIpc) is 3.16. The van der Waals surface area contributed by atoms with Crippen molar-refractivity contribution in [1.29, 1.82) is 5.41 Å². The summed E-state index contributed by atoms with van der Waals surface area (Å²) in [5, 5.41) is 22.1. The van der Waals surface area contributed by atoms with Crippen molar-refractivity contribution >= 4 is 23.7 Å². The second-order valence-electron chi connectivity index (χ2n) is 9.55. The van der Waals surface area contributed by atoms with Crippen LogP contribution in [0.25, 0.3) is 0 Å². The fourth-order valence-electron chi connectivity index (χ4n) is 4.73. The summed E-state index contributed by atoms with van der Waals surface area (Å²) in [4.78, 5) is 38.4. The molecule has 1 aliphatic rings. The molecule has 1 aliphatic heterocycles. The number of rotatable bonds is 14. The number of carboxylic acid groups (broad SMARTS) is 1. The Labute approximate surface area is 217 Å². The monoisotopic (exact) mass is 507 g/mol. The van der Waals surface area contributed by atoms with Crippen LogP contribution in [0.4, 0.5) is 0 Å². The molecule has 6 N–H and O–H groups in total. The number of aliphatic carboxylic acids is 1. The summed E-state index contributed by atoms with van der Waals surface area (Å²) in [6, 6.07) is 17.8. The number of nitrogens with two attached hydrogens (primary N) is 1. The van der Waals surface area contributed by atoms with E-state index in [1.54, 1.807) is 4.90 Å². The lowest BCUT2D eigenvalue weighted by atomic mass is 10.0. The number of nitrogens with zero attached hydrogens (tertiary/aromatic N) is 1. The Morgan fingerprint density at radius 2 is 1.62 bits per heavy atom. The maximum atomic E-state index is 12.9. The number of guanidine groups is 1. The van der Waals surface area contributed by atoms with Gasteiger partial charge in [0.25, 0.3) is 0 Å². The van der Waals surface area contributed by atoms with Crippen LogP contribution in [0.3, 0.4) is 0 Å². The third kappa shape index (κ3) is 9.25. The molecular formula is C28H37N5O4. The third-order valence-electron chi connectivity index (χ3n) is 6.67. The molecule has 9 nitrogen and oxygen atoms in total. The lowest BCUT2D eigenvalue weighted by molar-refractivity contribution is -0.142. The number of nitrogens with one attached hydrogen (secondary N) is 3. The maximum absolute atomic E-state index is 12.9. The predicted molar refractivity (Wildman–Crippen MR) is 142 cm³/mol. The van der Waals surface area contributed by atoms with Crippen LogP contribution in [0, 0.1) is 11.3 Å². The van der Waals surface area contributed by atoms with Crippen molar-refractivity contribution in [3.05, 3.63) is 71.3 Å². The van der Waals surface area contributed by atoms with Gasteiger partial charge in [0, 0.05) is 32.1 Å². The summed E-state index contributed by atoms with van der Waals surface area (Å²) in [5.41, 5.74) is 8.65. The first-order chi connectivity index (χ1) is 17.8. The van der Waals surface area contributed by atoms with Gasteiger partial charge in [0.05, 0.1) is 12.3 Å². The van der Waals surface area contributed by atoms with Crippen LogP contribution >= 0.6 is 0 Å². The Kier molecular flexibility index (Phi) is 10.5. The number of benzene rings is 2. The number of carbonyl (C=O) groups is 3. The fraction of sp³-hybridized carbons (Fsp3) is 0.429. The van der Waals surface area contributed by atoms with Gasteiger partial charge in [-0.2, -0.15) is 0 Å². The van der Waals surface area contributed by atoms with Gasteiger partial charge >= 0.3 is 5.97 Å². The maximum Gasteiger partial charge on any atom is 0.304 e. The molecule has 1 saturated heterocycles. The molecule has 0 radical (unpaired) electrons. The van der Waals surface area contributed by atoms with Crippen LogP contribution in [0.5, 0.6) is 0 Å². The van der Waals surface area contributed by atoms with Crippen molar-refractivity contribution < 1.29 is 19.5 Å². The van der Waals surface area contributed by atoms with Gasteiger partial charge in [-0.05, 0) is 48.8 Å². The quantitative estimate of drug-likeness (QED) is 0.196. The van der Waals surface area contributed by atoms with Crippen molar-refractivity contribution in [3.63, 3.8) is 0 Å². The lowest BCUT2D eigenvalue weighted by Gasteiger charge is -2.25. The Morgan fingerprint density at radius 3 is 2.30 bits per heavy atom. The molecule has 1 fully saturated rings. The highest BCUT2D eigenvalue weighted by Crippen LogP contribution is 2.27. The van der Waals surface area contributed by atoms with Gasteiger partial charge < -0.3 is 26.4 Å². The van der Waals surface area contributed by atoms with Crippen LogP contribution in [0.1, 0.15) is 48.8 Å². The van der Waals surface area contributed by atoms with Crippen LogP contribution in [-0.2, 0) is 33.8 Å². The van der Waals surface area contributed by atoms with Crippen molar-refractivity contribution in [2.45, 2.75) is 57.5 Å². The van der Waals surface area contributed by atoms with E-state index in [2.05, 4.69) is 22.8 Å². The molecule has 1 heterocycles. The van der Waals surface area contributed by atoms with E-state index >= 15 is 0 Å². The standard InChI is InChI=1S/C28H37N5O4/c29-28(30)32-18-22-13-11-21(12-14-22)8-4-10-25(34)31-19-24-16-23(17-26(35)36)27(37)33(24)15-5-9-20-6-2-1-3-7-20/h1-3,6-7,11-14,23-24H,4-5,8-10,15-19H2,(H,31,34)(H,35,36)(H4,29,30,32)/t23-,24-/m0/s1. The zero-order chi connectivity index (χ0) is 26.6. The van der Waals surface area contributed by atoms with Gasteiger partial charge in [-0.25, -0.2) is 0 Å². The molecule has 0 saturated carbocycles. The molecule has 0 aromatic heterocycles. The summed E-state index contributed by atoms with van der Waals surface area (Å²) in [5.74, 6) is -1.78. The molecule has 0 unspecified atom stereocenters. The summed E-state index contributed by atoms with van der Waals surface area (Å²) in [7, 11) is 0. The molecule has 2 amide bonds. The minimum Gasteiger partial charge on any atom is -0.481 e. The van der Waals surface area contributed by atoms with E-state index in [4.69, 9.17) is 11.1 Å². The Bertz CT molecular complexity index is 1060. The molecule has 2 aromatic rings. The Hall–Kier alpha value is -3.88. The van der Waals surface area contributed by atoms with Crippen molar-refractivity contribution in [3.8, 4) is 0 Å². The lowest BCUT2D eigenvalue weighted by Crippen LogP contribution is -2.42. The first-order valence-electron chi connectivity index (χ1n) is 12.8. The summed E-state index contributed by atoms with van der Waals surface area (Å²) < 4.78 is 0. The summed E-state index contributed by atoms with van der Waals surface area (Å²) >= 11 is 0. The number of carboxylic acids is 1. The van der Waals surface area contributed by atoms with Crippen molar-refractivity contribution in [2.75, 3.05) is 13.1 Å². The second-order valence-corrected chi connectivity index (χ2v) is 9.55. The topological polar surface area (TPSA) is 149 Å². The minimum atomic E-state index is -0.976. The molecular weight excluding hydrogens is 470 g/mol. The van der Waals surface area contributed by atoms with Gasteiger partial charge in [0.15, 0.2) is 5.96 Å². The number of amides is 2. The van der Waals surface area contributed by atoms with Gasteiger partial charge in [0.1, 0.15) is 0 Å². The van der Waals surface area contributed by atoms with Gasteiger partial charge in [-0.3, -0.25) is 19.8 Å². The Morgan fingerprint density at radius 1 is 0.973 bits per heavy atom. The highest BCUT2D eigenvalue weighted by Gasteiger charge is 2.39. The molecule has 2 atom stereocenters. The van der Waals surface area contributed by atoms with E-state index in [1.165, 1.54) is 5.56 Å². The minimum absolute atomic E-state index is 0.0650. The molecule has 0 aliphatic carbocycles. The number of aryl methyl sites for hydroxylation is 2. The predicted octanol–water partition coefficient (Wildman–Crippen LogP) is 2.43.